The fraction of sp³-hybridized carbons (Fsp3) is 0.538. The SMILES string of the molecule is CCCCCc1ccc(O)c([C@H](N)CN)c1. The van der Waals surface area contributed by atoms with Crippen LogP contribution in [-0.4, -0.2) is 11.7 Å². The Morgan fingerprint density at radius 1 is 1.31 bits per heavy atom. The van der Waals surface area contributed by atoms with Gasteiger partial charge in [-0.2, -0.15) is 0 Å². The molecule has 0 aromatic heterocycles. The van der Waals surface area contributed by atoms with Gasteiger partial charge in [-0.1, -0.05) is 31.9 Å². The molecule has 16 heavy (non-hydrogen) atoms. The first kappa shape index (κ1) is 13.0. The number of rotatable bonds is 6. The van der Waals surface area contributed by atoms with Crippen molar-refractivity contribution in [3.8, 4) is 5.75 Å². The molecular formula is C13H22N2O. The Labute approximate surface area is 97.5 Å². The van der Waals surface area contributed by atoms with E-state index in [1.54, 1.807) is 6.07 Å². The van der Waals surface area contributed by atoms with Crippen molar-refractivity contribution >= 4 is 0 Å². The Morgan fingerprint density at radius 3 is 2.69 bits per heavy atom. The van der Waals surface area contributed by atoms with Crippen LogP contribution in [-0.2, 0) is 6.42 Å². The van der Waals surface area contributed by atoms with E-state index in [1.807, 2.05) is 12.1 Å². The van der Waals surface area contributed by atoms with Crippen LogP contribution in [0.2, 0.25) is 0 Å². The summed E-state index contributed by atoms with van der Waals surface area (Å²) in [6, 6.07) is 5.37. The second kappa shape index (κ2) is 6.51. The van der Waals surface area contributed by atoms with Crippen LogP contribution in [0, 0.1) is 0 Å². The second-order valence-electron chi connectivity index (χ2n) is 4.19. The van der Waals surface area contributed by atoms with Crippen molar-refractivity contribution in [2.75, 3.05) is 6.54 Å². The van der Waals surface area contributed by atoms with E-state index in [2.05, 4.69) is 6.92 Å². The summed E-state index contributed by atoms with van der Waals surface area (Å²) in [7, 11) is 0. The molecule has 0 spiro atoms. The minimum Gasteiger partial charge on any atom is -0.508 e. The molecule has 0 aliphatic rings. The van der Waals surface area contributed by atoms with Crippen LogP contribution in [0.15, 0.2) is 18.2 Å². The van der Waals surface area contributed by atoms with Crippen molar-refractivity contribution in [1.82, 2.24) is 0 Å². The molecular weight excluding hydrogens is 200 g/mol. The number of benzene rings is 1. The molecule has 0 unspecified atom stereocenters. The normalized spacial score (nSPS) is 12.7. The van der Waals surface area contributed by atoms with Gasteiger partial charge in [-0.15, -0.1) is 0 Å². The van der Waals surface area contributed by atoms with E-state index < -0.39 is 0 Å². The molecule has 3 heteroatoms. The van der Waals surface area contributed by atoms with E-state index in [1.165, 1.54) is 24.8 Å². The van der Waals surface area contributed by atoms with Gasteiger partial charge >= 0.3 is 0 Å². The van der Waals surface area contributed by atoms with Crippen molar-refractivity contribution in [3.05, 3.63) is 29.3 Å². The van der Waals surface area contributed by atoms with Crippen LogP contribution in [0.4, 0.5) is 0 Å². The summed E-state index contributed by atoms with van der Waals surface area (Å²) in [5.41, 5.74) is 13.3. The van der Waals surface area contributed by atoms with Crippen molar-refractivity contribution < 1.29 is 5.11 Å². The minimum atomic E-state index is -0.272. The van der Waals surface area contributed by atoms with E-state index >= 15 is 0 Å². The highest BCUT2D eigenvalue weighted by atomic mass is 16.3. The first-order chi connectivity index (χ1) is 7.69. The molecule has 3 nitrogen and oxygen atoms in total. The van der Waals surface area contributed by atoms with E-state index in [-0.39, 0.29) is 11.8 Å². The number of phenols is 1. The highest BCUT2D eigenvalue weighted by Gasteiger charge is 2.09. The molecule has 90 valence electrons. The molecule has 0 aliphatic heterocycles. The third-order valence-corrected chi connectivity index (χ3v) is 2.81. The van der Waals surface area contributed by atoms with Crippen molar-refractivity contribution in [2.24, 2.45) is 11.5 Å². The summed E-state index contributed by atoms with van der Waals surface area (Å²) in [5.74, 6) is 0.247. The molecule has 5 N–H and O–H groups in total. The van der Waals surface area contributed by atoms with Gasteiger partial charge in [-0.25, -0.2) is 0 Å². The number of aromatic hydroxyl groups is 1. The van der Waals surface area contributed by atoms with Gasteiger partial charge in [-0.05, 0) is 24.5 Å². The van der Waals surface area contributed by atoms with E-state index in [0.29, 0.717) is 6.54 Å². The first-order valence-corrected chi connectivity index (χ1v) is 5.96. The summed E-state index contributed by atoms with van der Waals surface area (Å²) in [6.07, 6.45) is 4.67. The summed E-state index contributed by atoms with van der Waals surface area (Å²) in [4.78, 5) is 0. The number of unbranched alkanes of at least 4 members (excludes halogenated alkanes) is 2. The van der Waals surface area contributed by atoms with Gasteiger partial charge in [0.15, 0.2) is 0 Å². The molecule has 0 aliphatic carbocycles. The quantitative estimate of drug-likeness (QED) is 0.645. The maximum Gasteiger partial charge on any atom is 0.120 e. The number of phenolic OH excluding ortho intramolecular Hbond substituents is 1. The fourth-order valence-electron chi connectivity index (χ4n) is 1.76. The van der Waals surface area contributed by atoms with E-state index in [4.69, 9.17) is 11.5 Å². The molecule has 0 amide bonds. The van der Waals surface area contributed by atoms with Crippen LogP contribution in [0.1, 0.15) is 43.4 Å². The van der Waals surface area contributed by atoms with Gasteiger partial charge in [0.25, 0.3) is 0 Å². The second-order valence-corrected chi connectivity index (χ2v) is 4.19. The lowest BCUT2D eigenvalue weighted by atomic mass is 10.00. The molecule has 0 fully saturated rings. The molecule has 1 aromatic rings. The van der Waals surface area contributed by atoms with Gasteiger partial charge in [-0.3, -0.25) is 0 Å². The van der Waals surface area contributed by atoms with Crippen LogP contribution in [0.25, 0.3) is 0 Å². The maximum atomic E-state index is 9.67. The standard InChI is InChI=1S/C13H22N2O/c1-2-3-4-5-10-6-7-13(16)11(8-10)12(15)9-14/h6-8,12,16H,2-5,9,14-15H2,1H3/t12-/m1/s1. The average Bonchev–Trinajstić information content (AvgIpc) is 2.30. The Kier molecular flexibility index (Phi) is 5.29. The monoisotopic (exact) mass is 222 g/mol. The lowest BCUT2D eigenvalue weighted by Gasteiger charge is -2.13. The molecule has 1 aromatic carbocycles. The lowest BCUT2D eigenvalue weighted by molar-refractivity contribution is 0.461. The van der Waals surface area contributed by atoms with Crippen LogP contribution in [0.5, 0.6) is 5.75 Å². The lowest BCUT2D eigenvalue weighted by Crippen LogP contribution is -2.20. The van der Waals surface area contributed by atoms with Gasteiger partial charge in [0, 0.05) is 18.2 Å². The number of hydrogen-bond donors (Lipinski definition) is 3. The van der Waals surface area contributed by atoms with Crippen molar-refractivity contribution in [1.29, 1.82) is 0 Å². The van der Waals surface area contributed by atoms with Crippen molar-refractivity contribution in [3.63, 3.8) is 0 Å². The molecule has 0 saturated heterocycles. The highest BCUT2D eigenvalue weighted by molar-refractivity contribution is 5.38. The zero-order valence-corrected chi connectivity index (χ0v) is 9.95. The summed E-state index contributed by atoms with van der Waals surface area (Å²) >= 11 is 0. The Balaban J connectivity index is 2.73. The zero-order chi connectivity index (χ0) is 12.0. The van der Waals surface area contributed by atoms with E-state index in [9.17, 15) is 5.11 Å². The largest absolute Gasteiger partial charge is 0.508 e. The molecule has 0 bridgehead atoms. The smallest absolute Gasteiger partial charge is 0.120 e. The van der Waals surface area contributed by atoms with Gasteiger partial charge < -0.3 is 16.6 Å². The number of aryl methyl sites for hydroxylation is 1. The van der Waals surface area contributed by atoms with Gasteiger partial charge in [0.05, 0.1) is 0 Å². The number of hydrogen-bond acceptors (Lipinski definition) is 3. The van der Waals surface area contributed by atoms with E-state index in [0.717, 1.165) is 12.0 Å². The highest BCUT2D eigenvalue weighted by Crippen LogP contribution is 2.24. The third-order valence-electron chi connectivity index (χ3n) is 2.81. The molecule has 1 rings (SSSR count). The molecule has 1 atom stereocenters. The van der Waals surface area contributed by atoms with Crippen LogP contribution in [0.3, 0.4) is 0 Å². The number of nitrogens with two attached hydrogens (primary N) is 2. The van der Waals surface area contributed by atoms with Gasteiger partial charge in [0.1, 0.15) is 5.75 Å². The topological polar surface area (TPSA) is 72.3 Å². The fourth-order valence-corrected chi connectivity index (χ4v) is 1.76. The van der Waals surface area contributed by atoms with Crippen molar-refractivity contribution in [2.45, 2.75) is 38.6 Å². The molecule has 0 radical (unpaired) electrons. The predicted molar refractivity (Wildman–Crippen MR) is 67.3 cm³/mol. The maximum absolute atomic E-state index is 9.67. The zero-order valence-electron chi connectivity index (χ0n) is 9.95. The Hall–Kier alpha value is -1.06. The average molecular weight is 222 g/mol. The summed E-state index contributed by atoms with van der Waals surface area (Å²) in [6.45, 7) is 2.54. The summed E-state index contributed by atoms with van der Waals surface area (Å²) in [5, 5.41) is 9.67. The molecule has 0 saturated carbocycles. The predicted octanol–water partition coefficient (Wildman–Crippen LogP) is 2.08. The third kappa shape index (κ3) is 3.51. The summed E-state index contributed by atoms with van der Waals surface area (Å²) < 4.78 is 0. The Morgan fingerprint density at radius 2 is 2.06 bits per heavy atom. The van der Waals surface area contributed by atoms with Crippen LogP contribution >= 0.6 is 0 Å². The van der Waals surface area contributed by atoms with Crippen LogP contribution < -0.4 is 11.5 Å². The molecule has 0 heterocycles. The Bertz CT molecular complexity index is 326. The first-order valence-electron chi connectivity index (χ1n) is 5.96. The minimum absolute atomic E-state index is 0.247. The van der Waals surface area contributed by atoms with Gasteiger partial charge in [0.2, 0.25) is 0 Å².